The highest BCUT2D eigenvalue weighted by molar-refractivity contribution is 5.88. The monoisotopic (exact) mass is 383 g/mol. The number of hydrogen-bond acceptors (Lipinski definition) is 4. The fraction of sp³-hybridized carbons (Fsp3) is 0.143. The number of benzene rings is 2. The molecular weight excluding hydrogens is 362 g/mol. The van der Waals surface area contributed by atoms with Crippen molar-refractivity contribution in [2.45, 2.75) is 19.3 Å². The van der Waals surface area contributed by atoms with E-state index < -0.39 is 12.1 Å². The second kappa shape index (κ2) is 9.09. The fourth-order valence-electron chi connectivity index (χ4n) is 3.10. The van der Waals surface area contributed by atoms with Crippen molar-refractivity contribution in [3.05, 3.63) is 94.8 Å². The zero-order valence-electron chi connectivity index (χ0n) is 15.0. The number of carbonyl (C=O) groups is 1. The summed E-state index contributed by atoms with van der Waals surface area (Å²) in [5.74, 6) is -0.335. The largest absolute Gasteiger partial charge is 0.488 e. The number of ether oxygens (including phenoxy) is 2. The van der Waals surface area contributed by atoms with Gasteiger partial charge in [0.15, 0.2) is 0 Å². The van der Waals surface area contributed by atoms with Gasteiger partial charge >= 0.3 is 5.97 Å². The van der Waals surface area contributed by atoms with E-state index in [1.54, 1.807) is 30.6 Å². The number of hydrogen-bond donors (Lipinski definition) is 1. The molecule has 1 aliphatic rings. The summed E-state index contributed by atoms with van der Waals surface area (Å²) in [4.78, 5) is 15.5. The van der Waals surface area contributed by atoms with Crippen LogP contribution in [0.3, 0.4) is 0 Å². The minimum absolute atomic E-state index is 0. The molecule has 0 saturated heterocycles. The van der Waals surface area contributed by atoms with E-state index in [1.807, 2.05) is 36.4 Å². The normalized spacial score (nSPS) is 14.2. The van der Waals surface area contributed by atoms with Crippen LogP contribution in [0.2, 0.25) is 0 Å². The number of fused-ring (bicyclic) bond motifs is 2. The van der Waals surface area contributed by atoms with Crippen molar-refractivity contribution < 1.29 is 30.3 Å². The smallest absolute Gasteiger partial charge is 0.335 e. The molecule has 2 heterocycles. The summed E-state index contributed by atoms with van der Waals surface area (Å²) in [6.45, 7) is 0.784. The topological polar surface area (TPSA) is 132 Å². The minimum atomic E-state index is -0.976. The van der Waals surface area contributed by atoms with Crippen molar-refractivity contribution in [1.82, 2.24) is 4.98 Å². The molecule has 1 unspecified atom stereocenters. The molecule has 3 aromatic rings. The molecule has 4 rings (SSSR count). The SMILES string of the molecule is O.O.O=C(O)c1ccc2c(c1)C(OCc1cccnc1)c1ccccc1CO2. The maximum Gasteiger partial charge on any atom is 0.335 e. The second-order valence-corrected chi connectivity index (χ2v) is 6.10. The Kier molecular flexibility index (Phi) is 6.84. The first-order valence-electron chi connectivity index (χ1n) is 8.31. The van der Waals surface area contributed by atoms with Gasteiger partial charge in [0.25, 0.3) is 0 Å². The van der Waals surface area contributed by atoms with Gasteiger partial charge in [-0.2, -0.15) is 0 Å². The average molecular weight is 383 g/mol. The van der Waals surface area contributed by atoms with Crippen LogP contribution < -0.4 is 4.74 Å². The summed E-state index contributed by atoms with van der Waals surface area (Å²) in [6.07, 6.45) is 3.06. The van der Waals surface area contributed by atoms with Crippen LogP contribution in [-0.4, -0.2) is 27.0 Å². The van der Waals surface area contributed by atoms with Crippen LogP contribution in [-0.2, 0) is 18.0 Å². The van der Waals surface area contributed by atoms with E-state index in [4.69, 9.17) is 9.47 Å². The third-order valence-corrected chi connectivity index (χ3v) is 4.40. The number of nitrogens with zero attached hydrogens (tertiary/aromatic N) is 1. The number of carboxylic acids is 1. The van der Waals surface area contributed by atoms with Gasteiger partial charge in [0.2, 0.25) is 0 Å². The Bertz CT molecular complexity index is 945. The first kappa shape index (κ1) is 21.0. The maximum absolute atomic E-state index is 11.4. The van der Waals surface area contributed by atoms with Crippen molar-refractivity contribution in [1.29, 1.82) is 0 Å². The number of pyridine rings is 1. The van der Waals surface area contributed by atoms with E-state index in [9.17, 15) is 9.90 Å². The first-order valence-corrected chi connectivity index (χ1v) is 8.31. The van der Waals surface area contributed by atoms with E-state index >= 15 is 0 Å². The molecule has 0 fully saturated rings. The molecule has 1 atom stereocenters. The molecule has 0 spiro atoms. The van der Waals surface area contributed by atoms with Gasteiger partial charge in [-0.25, -0.2) is 4.79 Å². The Morgan fingerprint density at radius 3 is 2.68 bits per heavy atom. The lowest BCUT2D eigenvalue weighted by Gasteiger charge is -2.20. The predicted octanol–water partition coefficient (Wildman–Crippen LogP) is 2.33. The molecule has 1 aliphatic heterocycles. The van der Waals surface area contributed by atoms with E-state index in [2.05, 4.69) is 4.98 Å². The minimum Gasteiger partial charge on any atom is -0.488 e. The molecule has 7 nitrogen and oxygen atoms in total. The summed E-state index contributed by atoms with van der Waals surface area (Å²) in [7, 11) is 0. The highest BCUT2D eigenvalue weighted by atomic mass is 16.5. The highest BCUT2D eigenvalue weighted by Gasteiger charge is 2.26. The Morgan fingerprint density at radius 1 is 1.11 bits per heavy atom. The molecular formula is C21H21NO6. The Balaban J connectivity index is 0.00000140. The van der Waals surface area contributed by atoms with Crippen molar-refractivity contribution >= 4 is 5.97 Å². The van der Waals surface area contributed by atoms with Gasteiger partial charge in [-0.3, -0.25) is 4.98 Å². The summed E-state index contributed by atoms with van der Waals surface area (Å²) in [5.41, 5.74) is 3.89. The van der Waals surface area contributed by atoms with E-state index in [1.165, 1.54) is 0 Å². The van der Waals surface area contributed by atoms with Crippen LogP contribution in [0.5, 0.6) is 5.75 Å². The molecule has 1 aromatic heterocycles. The fourth-order valence-corrected chi connectivity index (χ4v) is 3.10. The Labute approximate surface area is 161 Å². The van der Waals surface area contributed by atoms with E-state index in [0.29, 0.717) is 19.0 Å². The third-order valence-electron chi connectivity index (χ3n) is 4.40. The van der Waals surface area contributed by atoms with Crippen LogP contribution in [0.1, 0.15) is 38.7 Å². The quantitative estimate of drug-likeness (QED) is 0.738. The zero-order chi connectivity index (χ0) is 17.9. The number of carboxylic acid groups (broad SMARTS) is 1. The van der Waals surface area contributed by atoms with Crippen LogP contribution >= 0.6 is 0 Å². The number of aromatic nitrogens is 1. The molecule has 5 N–H and O–H groups in total. The second-order valence-electron chi connectivity index (χ2n) is 6.10. The molecule has 28 heavy (non-hydrogen) atoms. The van der Waals surface area contributed by atoms with Gasteiger partial charge in [-0.15, -0.1) is 0 Å². The third kappa shape index (κ3) is 4.17. The molecule has 0 saturated carbocycles. The van der Waals surface area contributed by atoms with Gasteiger partial charge in [-0.1, -0.05) is 30.3 Å². The Hall–Kier alpha value is -3.26. The van der Waals surface area contributed by atoms with Crippen molar-refractivity contribution in [2.24, 2.45) is 0 Å². The van der Waals surface area contributed by atoms with Gasteiger partial charge < -0.3 is 25.5 Å². The molecule has 0 bridgehead atoms. The summed E-state index contributed by atoms with van der Waals surface area (Å²) >= 11 is 0. The molecule has 146 valence electrons. The Morgan fingerprint density at radius 2 is 1.93 bits per heavy atom. The lowest BCUT2D eigenvalue weighted by molar-refractivity contribution is 0.0654. The summed E-state index contributed by atoms with van der Waals surface area (Å²) in [6, 6.07) is 16.6. The first-order chi connectivity index (χ1) is 12.7. The zero-order valence-corrected chi connectivity index (χ0v) is 15.0. The van der Waals surface area contributed by atoms with Gasteiger partial charge in [0.1, 0.15) is 18.5 Å². The number of rotatable bonds is 4. The lowest BCUT2D eigenvalue weighted by atomic mass is 9.96. The molecule has 7 heteroatoms. The highest BCUT2D eigenvalue weighted by Crippen LogP contribution is 2.39. The van der Waals surface area contributed by atoms with E-state index in [-0.39, 0.29) is 16.5 Å². The van der Waals surface area contributed by atoms with Crippen LogP contribution in [0.4, 0.5) is 0 Å². The van der Waals surface area contributed by atoms with Crippen molar-refractivity contribution in [2.75, 3.05) is 0 Å². The van der Waals surface area contributed by atoms with Crippen LogP contribution in [0.15, 0.2) is 67.0 Å². The standard InChI is InChI=1S/C21H17NO4.2H2O/c23-21(24)15-7-8-19-18(10-15)20(26-12-14-4-3-9-22-11-14)17-6-2-1-5-16(17)13-25-19;;/h1-11,20H,12-13H2,(H,23,24);2*1H2. The average Bonchev–Trinajstić information content (AvgIpc) is 2.83. The van der Waals surface area contributed by atoms with Crippen LogP contribution in [0, 0.1) is 0 Å². The van der Waals surface area contributed by atoms with Gasteiger partial charge in [0.05, 0.1) is 12.2 Å². The number of aromatic carboxylic acids is 1. The summed E-state index contributed by atoms with van der Waals surface area (Å²) in [5, 5.41) is 9.36. The summed E-state index contributed by atoms with van der Waals surface area (Å²) < 4.78 is 12.1. The predicted molar refractivity (Wildman–Crippen MR) is 102 cm³/mol. The van der Waals surface area contributed by atoms with Gasteiger partial charge in [0, 0.05) is 18.0 Å². The van der Waals surface area contributed by atoms with Crippen molar-refractivity contribution in [3.8, 4) is 5.75 Å². The van der Waals surface area contributed by atoms with Crippen LogP contribution in [0.25, 0.3) is 0 Å². The van der Waals surface area contributed by atoms with Gasteiger partial charge in [-0.05, 0) is 41.0 Å². The van der Waals surface area contributed by atoms with E-state index in [0.717, 1.165) is 22.3 Å². The van der Waals surface area contributed by atoms with Crippen molar-refractivity contribution in [3.63, 3.8) is 0 Å². The molecule has 2 aromatic carbocycles. The molecule has 0 aliphatic carbocycles. The lowest BCUT2D eigenvalue weighted by Crippen LogP contribution is -2.09. The molecule has 0 amide bonds. The maximum atomic E-state index is 11.4. The molecule has 0 radical (unpaired) electrons.